The largest absolute Gasteiger partial charge is 0.416 e. The Morgan fingerprint density at radius 1 is 1.03 bits per heavy atom. The summed E-state index contributed by atoms with van der Waals surface area (Å²) >= 11 is 0. The third-order valence-corrected chi connectivity index (χ3v) is 4.47. The van der Waals surface area contributed by atoms with Crippen molar-refractivity contribution in [2.75, 3.05) is 5.32 Å². The molecule has 4 rings (SSSR count). The number of para-hydroxylation sites is 1. The van der Waals surface area contributed by atoms with Gasteiger partial charge in [-0.1, -0.05) is 18.2 Å². The summed E-state index contributed by atoms with van der Waals surface area (Å²) in [7, 11) is 0. The number of hydrogen-bond donors (Lipinski definition) is 1. The number of carbonyl (C=O) groups is 1. The van der Waals surface area contributed by atoms with Crippen LogP contribution in [0.3, 0.4) is 0 Å². The van der Waals surface area contributed by atoms with Gasteiger partial charge in [0.1, 0.15) is 5.82 Å². The Morgan fingerprint density at radius 3 is 2.61 bits per heavy atom. The summed E-state index contributed by atoms with van der Waals surface area (Å²) in [4.78, 5) is 24.7. The van der Waals surface area contributed by atoms with Crippen LogP contribution in [0.4, 0.5) is 23.2 Å². The summed E-state index contributed by atoms with van der Waals surface area (Å²) in [6.07, 6.45) is -0.256. The number of nitrogens with one attached hydrogen (secondary N) is 1. The van der Waals surface area contributed by atoms with Crippen molar-refractivity contribution in [3.05, 3.63) is 84.2 Å². The van der Waals surface area contributed by atoms with Gasteiger partial charge in [0.05, 0.1) is 34.6 Å². The van der Waals surface area contributed by atoms with E-state index in [1.807, 2.05) is 0 Å². The molecule has 4 aromatic rings. The van der Waals surface area contributed by atoms with Gasteiger partial charge in [0.15, 0.2) is 0 Å². The summed E-state index contributed by atoms with van der Waals surface area (Å²) in [5, 5.41) is 3.40. The number of anilines is 1. The van der Waals surface area contributed by atoms with E-state index < -0.39 is 17.6 Å². The normalized spacial score (nSPS) is 11.5. The average Bonchev–Trinajstić information content (AvgIpc) is 2.73. The van der Waals surface area contributed by atoms with Crippen molar-refractivity contribution in [1.82, 2.24) is 15.0 Å². The maximum Gasteiger partial charge on any atom is 0.416 e. The number of carbonyl (C=O) groups excluding carboxylic acids is 1. The molecule has 0 aliphatic heterocycles. The van der Waals surface area contributed by atoms with Gasteiger partial charge < -0.3 is 5.32 Å². The summed E-state index contributed by atoms with van der Waals surface area (Å²) in [6.45, 7) is 0. The quantitative estimate of drug-likeness (QED) is 0.465. The first kappa shape index (κ1) is 20.4. The first-order valence-corrected chi connectivity index (χ1v) is 9.12. The van der Waals surface area contributed by atoms with Crippen molar-refractivity contribution >= 4 is 22.5 Å². The minimum atomic E-state index is -4.69. The van der Waals surface area contributed by atoms with Crippen molar-refractivity contribution in [2.24, 2.45) is 0 Å². The van der Waals surface area contributed by atoms with Crippen LogP contribution in [0.5, 0.6) is 0 Å². The number of fused-ring (bicyclic) bond motifs is 1. The molecule has 156 valence electrons. The molecule has 1 N–H and O–H groups in total. The van der Waals surface area contributed by atoms with E-state index in [0.717, 1.165) is 12.1 Å². The Bertz CT molecular complexity index is 1260. The summed E-state index contributed by atoms with van der Waals surface area (Å²) < 4.78 is 53.0. The van der Waals surface area contributed by atoms with Gasteiger partial charge in [-0.2, -0.15) is 13.2 Å². The lowest BCUT2D eigenvalue weighted by molar-refractivity contribution is -0.137. The monoisotopic (exact) mass is 426 g/mol. The first-order valence-electron chi connectivity index (χ1n) is 9.12. The topological polar surface area (TPSA) is 67.8 Å². The average molecular weight is 426 g/mol. The highest BCUT2D eigenvalue weighted by molar-refractivity contribution is 6.01. The van der Waals surface area contributed by atoms with Crippen LogP contribution < -0.4 is 5.32 Å². The predicted octanol–water partition coefficient (Wildman–Crippen LogP) is 5.03. The van der Waals surface area contributed by atoms with E-state index in [0.29, 0.717) is 28.4 Å². The number of rotatable bonds is 4. The second-order valence-electron chi connectivity index (χ2n) is 6.72. The second-order valence-corrected chi connectivity index (χ2v) is 6.72. The number of hydrogen-bond acceptors (Lipinski definition) is 4. The lowest BCUT2D eigenvalue weighted by atomic mass is 10.1. The standard InChI is InChI=1S/C22H14F4N4O/c23-16-9-14(8-15(10-16)22(24,25)26)18-5-4-13-2-1-3-19(21(13)30-18)29-20(31)11-17-12-27-6-7-28-17/h1-10,12H,11H2,(H,29,31). The Balaban J connectivity index is 1.69. The molecule has 9 heteroatoms. The van der Waals surface area contributed by atoms with E-state index >= 15 is 0 Å². The van der Waals surface area contributed by atoms with E-state index in [1.54, 1.807) is 24.3 Å². The minimum Gasteiger partial charge on any atom is -0.324 e. The van der Waals surface area contributed by atoms with Crippen LogP contribution in [0, 0.1) is 5.82 Å². The summed E-state index contributed by atoms with van der Waals surface area (Å²) in [5.74, 6) is -1.37. The molecule has 0 bridgehead atoms. The molecule has 5 nitrogen and oxygen atoms in total. The number of alkyl halides is 3. The molecule has 2 aromatic heterocycles. The fourth-order valence-corrected chi connectivity index (χ4v) is 3.09. The van der Waals surface area contributed by atoms with Gasteiger partial charge in [-0.05, 0) is 30.3 Å². The Labute approximate surface area is 173 Å². The van der Waals surface area contributed by atoms with Crippen molar-refractivity contribution in [3.63, 3.8) is 0 Å². The Kier molecular flexibility index (Phi) is 5.33. The first-order chi connectivity index (χ1) is 14.8. The molecule has 0 saturated carbocycles. The lowest BCUT2D eigenvalue weighted by Gasteiger charge is -2.12. The number of aromatic nitrogens is 3. The fourth-order valence-electron chi connectivity index (χ4n) is 3.09. The predicted molar refractivity (Wildman–Crippen MR) is 107 cm³/mol. The van der Waals surface area contributed by atoms with Crippen molar-refractivity contribution in [3.8, 4) is 11.3 Å². The van der Waals surface area contributed by atoms with Crippen LogP contribution in [-0.4, -0.2) is 20.9 Å². The fraction of sp³-hybridized carbons (Fsp3) is 0.0909. The molecule has 2 heterocycles. The molecular weight excluding hydrogens is 412 g/mol. The van der Waals surface area contributed by atoms with Gasteiger partial charge in [0, 0.05) is 29.5 Å². The number of amides is 1. The van der Waals surface area contributed by atoms with Crippen LogP contribution in [0.1, 0.15) is 11.3 Å². The molecule has 2 aromatic carbocycles. The molecule has 0 radical (unpaired) electrons. The van der Waals surface area contributed by atoms with E-state index in [9.17, 15) is 22.4 Å². The summed E-state index contributed by atoms with van der Waals surface area (Å²) in [5.41, 5.74) is 0.248. The molecule has 0 unspecified atom stereocenters. The smallest absolute Gasteiger partial charge is 0.324 e. The SMILES string of the molecule is O=C(Cc1cnccn1)Nc1cccc2ccc(-c3cc(F)cc(C(F)(F)F)c3)nc12. The zero-order valence-corrected chi connectivity index (χ0v) is 15.8. The van der Waals surface area contributed by atoms with Crippen LogP contribution in [-0.2, 0) is 17.4 Å². The van der Waals surface area contributed by atoms with E-state index in [1.165, 1.54) is 24.7 Å². The van der Waals surface area contributed by atoms with Crippen LogP contribution in [0.25, 0.3) is 22.2 Å². The number of nitrogens with zero attached hydrogens (tertiary/aromatic N) is 3. The van der Waals surface area contributed by atoms with Crippen molar-refractivity contribution < 1.29 is 22.4 Å². The van der Waals surface area contributed by atoms with Gasteiger partial charge in [0.25, 0.3) is 0 Å². The van der Waals surface area contributed by atoms with Crippen molar-refractivity contribution in [2.45, 2.75) is 12.6 Å². The van der Waals surface area contributed by atoms with Gasteiger partial charge in [-0.3, -0.25) is 14.8 Å². The molecule has 31 heavy (non-hydrogen) atoms. The molecule has 0 fully saturated rings. The van der Waals surface area contributed by atoms with Crippen molar-refractivity contribution in [1.29, 1.82) is 0 Å². The lowest BCUT2D eigenvalue weighted by Crippen LogP contribution is -2.15. The van der Waals surface area contributed by atoms with Crippen LogP contribution in [0.15, 0.2) is 67.1 Å². The summed E-state index contributed by atoms with van der Waals surface area (Å²) in [6, 6.07) is 10.5. The Morgan fingerprint density at radius 2 is 1.87 bits per heavy atom. The van der Waals surface area contributed by atoms with E-state index in [4.69, 9.17) is 0 Å². The molecule has 0 aliphatic rings. The highest BCUT2D eigenvalue weighted by Crippen LogP contribution is 2.33. The number of benzene rings is 2. The Hall–Kier alpha value is -3.88. The van der Waals surface area contributed by atoms with Gasteiger partial charge in [-0.25, -0.2) is 9.37 Å². The molecule has 0 aliphatic carbocycles. The van der Waals surface area contributed by atoms with E-state index in [-0.39, 0.29) is 23.6 Å². The highest BCUT2D eigenvalue weighted by Gasteiger charge is 2.31. The third kappa shape index (κ3) is 4.66. The number of pyridine rings is 1. The van der Waals surface area contributed by atoms with Gasteiger partial charge in [0.2, 0.25) is 5.91 Å². The zero-order chi connectivity index (χ0) is 22.0. The molecular formula is C22H14F4N4O. The molecule has 0 saturated heterocycles. The zero-order valence-electron chi connectivity index (χ0n) is 15.8. The van der Waals surface area contributed by atoms with E-state index in [2.05, 4.69) is 20.3 Å². The number of halogens is 4. The van der Waals surface area contributed by atoms with Gasteiger partial charge >= 0.3 is 6.18 Å². The van der Waals surface area contributed by atoms with Crippen LogP contribution in [0.2, 0.25) is 0 Å². The maximum absolute atomic E-state index is 13.8. The third-order valence-electron chi connectivity index (χ3n) is 4.47. The second kappa shape index (κ2) is 8.10. The highest BCUT2D eigenvalue weighted by atomic mass is 19.4. The van der Waals surface area contributed by atoms with Gasteiger partial charge in [-0.15, -0.1) is 0 Å². The molecule has 1 amide bonds. The maximum atomic E-state index is 13.8. The van der Waals surface area contributed by atoms with Crippen LogP contribution >= 0.6 is 0 Å². The molecule has 0 spiro atoms. The molecule has 0 atom stereocenters. The minimum absolute atomic E-state index is 0.0112.